The van der Waals surface area contributed by atoms with Gasteiger partial charge in [-0.2, -0.15) is 0 Å². The Kier molecular flexibility index (Phi) is 4.86. The molecule has 2 aromatic rings. The second kappa shape index (κ2) is 6.63. The zero-order chi connectivity index (χ0) is 12.8. The highest BCUT2D eigenvalue weighted by Crippen LogP contribution is 2.25. The number of ether oxygens (including phenoxy) is 1. The second-order valence-electron chi connectivity index (χ2n) is 3.23. The average Bonchev–Trinajstić information content (AvgIpc) is 2.37. The van der Waals surface area contributed by atoms with Gasteiger partial charge in [0.15, 0.2) is 5.82 Å². The van der Waals surface area contributed by atoms with Crippen LogP contribution >= 0.6 is 23.4 Å². The Bertz CT molecular complexity index is 512. The van der Waals surface area contributed by atoms with E-state index in [1.807, 2.05) is 6.92 Å². The number of nitrogens with zero attached hydrogens (tertiary/aromatic N) is 4. The van der Waals surface area contributed by atoms with E-state index in [4.69, 9.17) is 16.3 Å². The lowest BCUT2D eigenvalue weighted by atomic mass is 10.6. The van der Waals surface area contributed by atoms with Gasteiger partial charge in [-0.1, -0.05) is 11.6 Å². The maximum Gasteiger partial charge on any atom is 0.157 e. The molecule has 0 radical (unpaired) electrons. The van der Waals surface area contributed by atoms with Crippen LogP contribution in [0.1, 0.15) is 12.7 Å². The molecule has 2 aromatic heterocycles. The fourth-order valence-electron chi connectivity index (χ4n) is 1.20. The third-order valence-electron chi connectivity index (χ3n) is 1.90. The van der Waals surface area contributed by atoms with Gasteiger partial charge in [-0.25, -0.2) is 15.0 Å². The van der Waals surface area contributed by atoms with Crippen molar-refractivity contribution in [3.8, 4) is 0 Å². The molecule has 7 heteroatoms. The second-order valence-corrected chi connectivity index (χ2v) is 4.66. The monoisotopic (exact) mass is 282 g/mol. The van der Waals surface area contributed by atoms with Gasteiger partial charge in [0.2, 0.25) is 0 Å². The maximum absolute atomic E-state index is 5.94. The number of halogens is 1. The van der Waals surface area contributed by atoms with Crippen LogP contribution in [0.25, 0.3) is 0 Å². The Labute approximate surface area is 114 Å². The normalized spacial score (nSPS) is 10.6. The first-order chi connectivity index (χ1) is 8.78. The standard InChI is InChI=1S/C11H11ClN4OS/c1-2-17-7-9-15-8(12)5-10(16-9)18-11-6-13-3-4-14-11/h3-6H,2,7H2,1H3. The summed E-state index contributed by atoms with van der Waals surface area (Å²) in [5.74, 6) is 0.566. The largest absolute Gasteiger partial charge is 0.374 e. The minimum atomic E-state index is 0.352. The van der Waals surface area contributed by atoms with Gasteiger partial charge in [-0.05, 0) is 18.7 Å². The molecule has 0 saturated carbocycles. The summed E-state index contributed by atoms with van der Waals surface area (Å²) in [5, 5.41) is 1.88. The molecule has 0 unspecified atom stereocenters. The molecule has 0 saturated heterocycles. The van der Waals surface area contributed by atoms with Gasteiger partial charge < -0.3 is 4.74 Å². The van der Waals surface area contributed by atoms with E-state index in [0.717, 1.165) is 10.1 Å². The van der Waals surface area contributed by atoms with Crippen LogP contribution in [-0.4, -0.2) is 26.5 Å². The van der Waals surface area contributed by atoms with Gasteiger partial charge in [-0.3, -0.25) is 4.98 Å². The predicted molar refractivity (Wildman–Crippen MR) is 68.5 cm³/mol. The van der Waals surface area contributed by atoms with Crippen LogP contribution in [0.15, 0.2) is 34.7 Å². The lowest BCUT2D eigenvalue weighted by Crippen LogP contribution is -2.00. The van der Waals surface area contributed by atoms with Crippen LogP contribution in [0.3, 0.4) is 0 Å². The summed E-state index contributed by atoms with van der Waals surface area (Å²) < 4.78 is 5.26. The lowest BCUT2D eigenvalue weighted by molar-refractivity contribution is 0.128. The van der Waals surface area contributed by atoms with Crippen LogP contribution < -0.4 is 0 Å². The smallest absolute Gasteiger partial charge is 0.157 e. The summed E-state index contributed by atoms with van der Waals surface area (Å²) in [6, 6.07) is 1.69. The molecular weight excluding hydrogens is 272 g/mol. The molecule has 0 aromatic carbocycles. The lowest BCUT2D eigenvalue weighted by Gasteiger charge is -2.04. The average molecular weight is 283 g/mol. The minimum absolute atomic E-state index is 0.352. The molecule has 0 fully saturated rings. The highest BCUT2D eigenvalue weighted by atomic mass is 35.5. The van der Waals surface area contributed by atoms with Gasteiger partial charge in [0, 0.05) is 25.1 Å². The van der Waals surface area contributed by atoms with Crippen LogP contribution in [0.5, 0.6) is 0 Å². The van der Waals surface area contributed by atoms with Gasteiger partial charge in [0.25, 0.3) is 0 Å². The third kappa shape index (κ3) is 3.90. The quantitative estimate of drug-likeness (QED) is 0.786. The van der Waals surface area contributed by atoms with Crippen molar-refractivity contribution in [2.24, 2.45) is 0 Å². The Morgan fingerprint density at radius 2 is 2.17 bits per heavy atom. The van der Waals surface area contributed by atoms with E-state index >= 15 is 0 Å². The number of rotatable bonds is 5. The summed E-state index contributed by atoms with van der Waals surface area (Å²) in [4.78, 5) is 16.6. The molecule has 2 heterocycles. The molecular formula is C11H11ClN4OS. The highest BCUT2D eigenvalue weighted by Gasteiger charge is 2.06. The Morgan fingerprint density at radius 1 is 1.28 bits per heavy atom. The first-order valence-corrected chi connectivity index (χ1v) is 6.52. The van der Waals surface area contributed by atoms with E-state index in [1.165, 1.54) is 11.8 Å². The SMILES string of the molecule is CCOCc1nc(Cl)cc(Sc2cnccn2)n1. The molecule has 5 nitrogen and oxygen atoms in total. The van der Waals surface area contributed by atoms with Crippen LogP contribution in [0.4, 0.5) is 0 Å². The third-order valence-corrected chi connectivity index (χ3v) is 2.93. The van der Waals surface area contributed by atoms with Crippen LogP contribution in [0.2, 0.25) is 5.15 Å². The minimum Gasteiger partial charge on any atom is -0.374 e. The molecule has 0 aliphatic carbocycles. The fraction of sp³-hybridized carbons (Fsp3) is 0.273. The topological polar surface area (TPSA) is 60.8 Å². The predicted octanol–water partition coefficient (Wildman–Crippen LogP) is 2.61. The van der Waals surface area contributed by atoms with Gasteiger partial charge >= 0.3 is 0 Å². The Morgan fingerprint density at radius 3 is 2.89 bits per heavy atom. The molecule has 2 rings (SSSR count). The van der Waals surface area contributed by atoms with Gasteiger partial charge in [0.1, 0.15) is 21.8 Å². The summed E-state index contributed by atoms with van der Waals surface area (Å²) in [6.07, 6.45) is 4.92. The highest BCUT2D eigenvalue weighted by molar-refractivity contribution is 7.99. The summed E-state index contributed by atoms with van der Waals surface area (Å²) in [6.45, 7) is 2.88. The van der Waals surface area contributed by atoms with E-state index in [-0.39, 0.29) is 0 Å². The van der Waals surface area contributed by atoms with Crippen molar-refractivity contribution in [3.63, 3.8) is 0 Å². The molecule has 94 valence electrons. The van der Waals surface area contributed by atoms with Crippen molar-refractivity contribution < 1.29 is 4.74 Å². The van der Waals surface area contributed by atoms with Gasteiger partial charge in [0.05, 0.1) is 6.20 Å². The first-order valence-electron chi connectivity index (χ1n) is 5.33. The van der Waals surface area contributed by atoms with Crippen molar-refractivity contribution in [2.45, 2.75) is 23.6 Å². The summed E-state index contributed by atoms with van der Waals surface area (Å²) in [7, 11) is 0. The Balaban J connectivity index is 2.15. The fourth-order valence-corrected chi connectivity index (χ4v) is 2.23. The zero-order valence-electron chi connectivity index (χ0n) is 9.71. The van der Waals surface area contributed by atoms with E-state index in [9.17, 15) is 0 Å². The number of hydrogen-bond donors (Lipinski definition) is 0. The van der Waals surface area contributed by atoms with Crippen molar-refractivity contribution in [1.29, 1.82) is 0 Å². The van der Waals surface area contributed by atoms with Crippen molar-refractivity contribution in [1.82, 2.24) is 19.9 Å². The number of hydrogen-bond acceptors (Lipinski definition) is 6. The molecule has 0 atom stereocenters. The van der Waals surface area contributed by atoms with Crippen molar-refractivity contribution in [2.75, 3.05) is 6.61 Å². The van der Waals surface area contributed by atoms with E-state index in [1.54, 1.807) is 24.7 Å². The molecule has 0 amide bonds. The molecule has 0 aliphatic rings. The Hall–Kier alpha value is -1.24. The van der Waals surface area contributed by atoms with Crippen molar-refractivity contribution in [3.05, 3.63) is 35.6 Å². The van der Waals surface area contributed by atoms with Gasteiger partial charge in [-0.15, -0.1) is 0 Å². The molecule has 18 heavy (non-hydrogen) atoms. The van der Waals surface area contributed by atoms with Crippen LogP contribution in [-0.2, 0) is 11.3 Å². The molecule has 0 spiro atoms. The van der Waals surface area contributed by atoms with Crippen LogP contribution in [0, 0.1) is 0 Å². The molecule has 0 bridgehead atoms. The first kappa shape index (κ1) is 13.2. The maximum atomic E-state index is 5.94. The summed E-state index contributed by atoms with van der Waals surface area (Å²) in [5.41, 5.74) is 0. The molecule has 0 N–H and O–H groups in total. The summed E-state index contributed by atoms with van der Waals surface area (Å²) >= 11 is 7.32. The van der Waals surface area contributed by atoms with E-state index in [0.29, 0.717) is 24.2 Å². The van der Waals surface area contributed by atoms with E-state index < -0.39 is 0 Å². The zero-order valence-corrected chi connectivity index (χ0v) is 11.3. The number of aromatic nitrogens is 4. The molecule has 0 aliphatic heterocycles. The van der Waals surface area contributed by atoms with E-state index in [2.05, 4.69) is 19.9 Å². The van der Waals surface area contributed by atoms with Crippen molar-refractivity contribution >= 4 is 23.4 Å².